The fourth-order valence-electron chi connectivity index (χ4n) is 5.07. The number of hydrogen-bond donors (Lipinski definition) is 1. The Kier molecular flexibility index (Phi) is 7.44. The van der Waals surface area contributed by atoms with Gasteiger partial charge in [0.25, 0.3) is 5.69 Å². The quantitative estimate of drug-likeness (QED) is 0.187. The van der Waals surface area contributed by atoms with Crippen LogP contribution in [-0.4, -0.2) is 30.4 Å². The Morgan fingerprint density at radius 3 is 2.42 bits per heavy atom. The Labute approximate surface area is 238 Å². The monoisotopic (exact) mass is 604 g/mol. The number of fused-ring (bicyclic) bond motifs is 2. The zero-order chi connectivity index (χ0) is 28.6. The number of Topliss-reactive ketones (excluding diaryl/α,β-unsaturated/α-hetero) is 1. The van der Waals surface area contributed by atoms with Gasteiger partial charge in [0.2, 0.25) is 0 Å². The second-order valence-corrected chi connectivity index (χ2v) is 10.1. The first-order valence-electron chi connectivity index (χ1n) is 12.5. The number of nitro benzene ring substituents is 1. The summed E-state index contributed by atoms with van der Waals surface area (Å²) in [5.74, 6) is -0.585. The number of dihydropyridines is 1. The van der Waals surface area contributed by atoms with Crippen molar-refractivity contribution < 1.29 is 28.7 Å². The van der Waals surface area contributed by atoms with Crippen LogP contribution in [0.4, 0.5) is 5.69 Å². The number of rotatable bonds is 8. The van der Waals surface area contributed by atoms with E-state index in [1.165, 1.54) is 19.2 Å². The molecule has 2 aliphatic rings. The van der Waals surface area contributed by atoms with E-state index in [0.29, 0.717) is 56.2 Å². The Hall–Kier alpha value is -4.44. The standard InChI is InChI=1S/C30H25BrN2O7/c1-4-39-23-14-18(13-22(31)29(23)40-15-17-9-11-19(12-10-17)33(36)37)25-24(30(35)38-3)16(2)32-27-20-7-5-6-8-21(20)28(34)26(25)27/h5-14,25,32H,4,15H2,1-3H3/t25-/m0/s1. The zero-order valence-corrected chi connectivity index (χ0v) is 23.5. The van der Waals surface area contributed by atoms with Crippen LogP contribution in [0.25, 0.3) is 5.70 Å². The number of halogens is 1. The van der Waals surface area contributed by atoms with Gasteiger partial charge in [0.1, 0.15) is 6.61 Å². The van der Waals surface area contributed by atoms with Crippen LogP contribution in [0.3, 0.4) is 0 Å². The minimum Gasteiger partial charge on any atom is -0.490 e. The highest BCUT2D eigenvalue weighted by Gasteiger charge is 2.43. The Morgan fingerprint density at radius 2 is 1.77 bits per heavy atom. The smallest absolute Gasteiger partial charge is 0.336 e. The van der Waals surface area contributed by atoms with Crippen molar-refractivity contribution >= 4 is 39.1 Å². The number of esters is 1. The Balaban J connectivity index is 1.57. The fraction of sp³-hybridized carbons (Fsp3) is 0.200. The van der Waals surface area contributed by atoms with E-state index in [2.05, 4.69) is 21.2 Å². The van der Waals surface area contributed by atoms with Gasteiger partial charge in [-0.3, -0.25) is 14.9 Å². The summed E-state index contributed by atoms with van der Waals surface area (Å²) in [6, 6.07) is 17.0. The average molecular weight is 605 g/mol. The van der Waals surface area contributed by atoms with Crippen LogP contribution in [0.2, 0.25) is 0 Å². The third kappa shape index (κ3) is 4.75. The lowest BCUT2D eigenvalue weighted by molar-refractivity contribution is -0.384. The van der Waals surface area contributed by atoms with Gasteiger partial charge in [-0.15, -0.1) is 0 Å². The highest BCUT2D eigenvalue weighted by atomic mass is 79.9. The Morgan fingerprint density at radius 1 is 1.07 bits per heavy atom. The maximum atomic E-state index is 13.7. The number of benzene rings is 3. The second kappa shape index (κ2) is 11.0. The van der Waals surface area contributed by atoms with Crippen molar-refractivity contribution in [2.24, 2.45) is 0 Å². The molecule has 0 radical (unpaired) electrons. The molecule has 0 bridgehead atoms. The van der Waals surface area contributed by atoms with Gasteiger partial charge >= 0.3 is 5.97 Å². The van der Waals surface area contributed by atoms with Gasteiger partial charge in [-0.2, -0.15) is 0 Å². The largest absolute Gasteiger partial charge is 0.490 e. The third-order valence-corrected chi connectivity index (χ3v) is 7.44. The molecule has 40 heavy (non-hydrogen) atoms. The molecular formula is C30H25BrN2O7. The molecule has 0 fully saturated rings. The maximum absolute atomic E-state index is 13.7. The summed E-state index contributed by atoms with van der Waals surface area (Å²) < 4.78 is 17.7. The first kappa shape index (κ1) is 27.1. The SMILES string of the molecule is CCOc1cc([C@H]2C(C(=O)OC)=C(C)NC3=C2C(=O)c2ccccc23)cc(Br)c1OCc1ccc([N+](=O)[O-])cc1. The van der Waals surface area contributed by atoms with Crippen molar-refractivity contribution in [2.45, 2.75) is 26.4 Å². The summed E-state index contributed by atoms with van der Waals surface area (Å²) in [5, 5.41) is 14.2. The molecule has 3 aromatic rings. The third-order valence-electron chi connectivity index (χ3n) is 6.85. The zero-order valence-electron chi connectivity index (χ0n) is 21.9. The summed E-state index contributed by atoms with van der Waals surface area (Å²) in [5.41, 5.74) is 4.77. The first-order valence-corrected chi connectivity index (χ1v) is 13.3. The van der Waals surface area contributed by atoms with E-state index in [0.717, 1.165) is 11.1 Å². The molecule has 1 heterocycles. The van der Waals surface area contributed by atoms with Crippen molar-refractivity contribution in [3.63, 3.8) is 0 Å². The van der Waals surface area contributed by atoms with E-state index in [4.69, 9.17) is 14.2 Å². The van der Waals surface area contributed by atoms with Crippen LogP contribution in [0.1, 0.15) is 46.8 Å². The molecule has 10 heteroatoms. The van der Waals surface area contributed by atoms with E-state index in [9.17, 15) is 19.7 Å². The molecule has 0 amide bonds. The molecule has 1 atom stereocenters. The second-order valence-electron chi connectivity index (χ2n) is 9.23. The van der Waals surface area contributed by atoms with Gasteiger partial charge in [0.05, 0.1) is 34.4 Å². The van der Waals surface area contributed by atoms with E-state index >= 15 is 0 Å². The number of carbonyl (C=O) groups excluding carboxylic acids is 2. The van der Waals surface area contributed by atoms with Gasteiger partial charge in [0, 0.05) is 40.4 Å². The number of hydrogen-bond acceptors (Lipinski definition) is 8. The number of allylic oxidation sites excluding steroid dienone is 2. The molecule has 9 nitrogen and oxygen atoms in total. The molecule has 0 unspecified atom stereocenters. The van der Waals surface area contributed by atoms with Gasteiger partial charge in [0.15, 0.2) is 17.3 Å². The highest BCUT2D eigenvalue weighted by Crippen LogP contribution is 2.49. The maximum Gasteiger partial charge on any atom is 0.336 e. The number of carbonyl (C=O) groups is 2. The van der Waals surface area contributed by atoms with Crippen LogP contribution < -0.4 is 14.8 Å². The normalized spacial score (nSPS) is 15.8. The molecule has 5 rings (SSSR count). The van der Waals surface area contributed by atoms with E-state index < -0.39 is 16.8 Å². The molecular weight excluding hydrogens is 580 g/mol. The molecule has 204 valence electrons. The fourth-order valence-corrected chi connectivity index (χ4v) is 5.64. The molecule has 1 N–H and O–H groups in total. The summed E-state index contributed by atoms with van der Waals surface area (Å²) in [6.45, 7) is 4.10. The Bertz CT molecular complexity index is 1610. The number of ketones is 1. The van der Waals surface area contributed by atoms with Gasteiger partial charge in [-0.1, -0.05) is 24.3 Å². The summed E-state index contributed by atoms with van der Waals surface area (Å²) >= 11 is 3.60. The van der Waals surface area contributed by atoms with Gasteiger partial charge < -0.3 is 19.5 Å². The van der Waals surface area contributed by atoms with E-state index in [1.54, 1.807) is 37.3 Å². The molecule has 0 saturated carbocycles. The summed E-state index contributed by atoms with van der Waals surface area (Å²) in [7, 11) is 1.31. The summed E-state index contributed by atoms with van der Waals surface area (Å²) in [4.78, 5) is 37.2. The van der Waals surface area contributed by atoms with Crippen LogP contribution in [-0.2, 0) is 16.1 Å². The first-order chi connectivity index (χ1) is 19.2. The lowest BCUT2D eigenvalue weighted by Gasteiger charge is -2.29. The van der Waals surface area contributed by atoms with Crippen molar-refractivity contribution in [3.05, 3.63) is 114 Å². The average Bonchev–Trinajstić information content (AvgIpc) is 3.23. The predicted molar refractivity (Wildman–Crippen MR) is 151 cm³/mol. The van der Waals surface area contributed by atoms with Gasteiger partial charge in [-0.25, -0.2) is 4.79 Å². The number of nitro groups is 1. The van der Waals surface area contributed by atoms with Crippen molar-refractivity contribution in [2.75, 3.05) is 13.7 Å². The van der Waals surface area contributed by atoms with Crippen LogP contribution in [0, 0.1) is 10.1 Å². The van der Waals surface area contributed by atoms with Crippen molar-refractivity contribution in [1.29, 1.82) is 0 Å². The lowest BCUT2D eigenvalue weighted by Crippen LogP contribution is -2.29. The molecule has 0 saturated heterocycles. The van der Waals surface area contributed by atoms with Crippen molar-refractivity contribution in [3.8, 4) is 11.5 Å². The molecule has 0 spiro atoms. The van der Waals surface area contributed by atoms with Crippen LogP contribution >= 0.6 is 15.9 Å². The molecule has 0 aromatic heterocycles. The van der Waals surface area contributed by atoms with E-state index in [-0.39, 0.29) is 18.1 Å². The number of nitrogens with one attached hydrogen (secondary N) is 1. The topological polar surface area (TPSA) is 117 Å². The molecule has 1 aliphatic heterocycles. The highest BCUT2D eigenvalue weighted by molar-refractivity contribution is 9.10. The minimum absolute atomic E-state index is 0.00620. The number of non-ortho nitro benzene ring substituents is 1. The van der Waals surface area contributed by atoms with E-state index in [1.807, 2.05) is 25.1 Å². The summed E-state index contributed by atoms with van der Waals surface area (Å²) in [6.07, 6.45) is 0. The molecule has 3 aromatic carbocycles. The predicted octanol–water partition coefficient (Wildman–Crippen LogP) is 6.08. The number of nitrogens with zero attached hydrogens (tertiary/aromatic N) is 1. The molecule has 1 aliphatic carbocycles. The number of ether oxygens (including phenoxy) is 3. The lowest BCUT2D eigenvalue weighted by atomic mass is 9.79. The van der Waals surface area contributed by atoms with Crippen LogP contribution in [0.15, 0.2) is 82.0 Å². The van der Waals surface area contributed by atoms with Crippen LogP contribution in [0.5, 0.6) is 11.5 Å². The van der Waals surface area contributed by atoms with Crippen molar-refractivity contribution in [1.82, 2.24) is 5.32 Å². The number of methoxy groups -OCH3 is 1. The minimum atomic E-state index is -0.720. The van der Waals surface area contributed by atoms with Gasteiger partial charge in [-0.05, 0) is 65.2 Å².